The second-order valence-electron chi connectivity index (χ2n) is 10.7. The predicted octanol–water partition coefficient (Wildman–Crippen LogP) is 6.88. The summed E-state index contributed by atoms with van der Waals surface area (Å²) in [4.78, 5) is 56.7. The number of anilines is 1. The molecule has 0 radical (unpaired) electrons. The van der Waals surface area contributed by atoms with Gasteiger partial charge in [0, 0.05) is 40.2 Å². The highest BCUT2D eigenvalue weighted by molar-refractivity contribution is 6.37. The highest BCUT2D eigenvalue weighted by Gasteiger charge is 2.70. The second kappa shape index (κ2) is 9.90. The van der Waals surface area contributed by atoms with Crippen LogP contribution in [0.5, 0.6) is 0 Å². The van der Waals surface area contributed by atoms with Crippen molar-refractivity contribution in [1.82, 2.24) is 4.90 Å². The Balaban J connectivity index is 1.54. The Morgan fingerprint density at radius 3 is 2.47 bits per heavy atom. The van der Waals surface area contributed by atoms with Crippen LogP contribution in [0.4, 0.5) is 11.4 Å². The van der Waals surface area contributed by atoms with E-state index >= 15 is 0 Å². The van der Waals surface area contributed by atoms with Gasteiger partial charge in [-0.2, -0.15) is 0 Å². The summed E-state index contributed by atoms with van der Waals surface area (Å²) in [6.07, 6.45) is 3.58. The molecule has 3 heterocycles. The summed E-state index contributed by atoms with van der Waals surface area (Å²) in [5.74, 6) is -2.75. The Hall–Kier alpha value is -4.79. The summed E-state index contributed by atoms with van der Waals surface area (Å²) in [6.45, 7) is 0. The maximum absolute atomic E-state index is 14.9. The number of amides is 1. The molecule has 1 saturated heterocycles. The SMILES string of the molecule is O=C(c1ccc(Cl)cc1Cl)[C@@H]1[C@H](C(=O)c2cccc([N+](=O)[O-])c2)N2C=Cc3ccccc3[C@H]2[C@]12C(=O)Nc1ccccc12. The van der Waals surface area contributed by atoms with Crippen LogP contribution in [0.25, 0.3) is 6.08 Å². The van der Waals surface area contributed by atoms with Gasteiger partial charge in [0.15, 0.2) is 11.6 Å². The molecule has 8 nitrogen and oxygen atoms in total. The van der Waals surface area contributed by atoms with Crippen molar-refractivity contribution in [3.05, 3.63) is 145 Å². The van der Waals surface area contributed by atoms with E-state index in [0.717, 1.165) is 11.1 Å². The van der Waals surface area contributed by atoms with E-state index < -0.39 is 45.8 Å². The van der Waals surface area contributed by atoms with Gasteiger partial charge in [-0.15, -0.1) is 0 Å². The molecule has 1 fully saturated rings. The molecule has 0 unspecified atom stereocenters. The molecular formula is C33H21Cl2N3O5. The molecule has 0 aliphatic carbocycles. The number of rotatable bonds is 5. The quantitative estimate of drug-likeness (QED) is 0.150. The summed E-state index contributed by atoms with van der Waals surface area (Å²) < 4.78 is 0. The van der Waals surface area contributed by atoms with Gasteiger partial charge in [0.1, 0.15) is 11.5 Å². The zero-order valence-corrected chi connectivity index (χ0v) is 23.8. The molecule has 3 aliphatic rings. The van der Waals surface area contributed by atoms with Crippen LogP contribution < -0.4 is 5.32 Å². The molecular weight excluding hydrogens is 589 g/mol. The van der Waals surface area contributed by atoms with Gasteiger partial charge in [-0.05, 0) is 47.0 Å². The number of ketones is 2. The van der Waals surface area contributed by atoms with E-state index in [1.165, 1.54) is 42.5 Å². The van der Waals surface area contributed by atoms with E-state index in [9.17, 15) is 24.5 Å². The zero-order chi connectivity index (χ0) is 30.0. The number of nitro benzene ring substituents is 1. The minimum Gasteiger partial charge on any atom is -0.358 e. The van der Waals surface area contributed by atoms with Gasteiger partial charge in [-0.25, -0.2) is 0 Å². The lowest BCUT2D eigenvalue weighted by Gasteiger charge is -2.38. The van der Waals surface area contributed by atoms with Crippen molar-refractivity contribution >= 4 is 58.1 Å². The molecule has 7 rings (SSSR count). The maximum atomic E-state index is 14.9. The fraction of sp³-hybridized carbons (Fsp3) is 0.121. The van der Waals surface area contributed by atoms with Crippen molar-refractivity contribution < 1.29 is 19.3 Å². The summed E-state index contributed by atoms with van der Waals surface area (Å²) >= 11 is 12.7. The maximum Gasteiger partial charge on any atom is 0.270 e. The number of hydrogen-bond acceptors (Lipinski definition) is 6. The number of hydrogen-bond donors (Lipinski definition) is 1. The average Bonchev–Trinajstić information content (AvgIpc) is 3.48. The topological polar surface area (TPSA) is 110 Å². The van der Waals surface area contributed by atoms with Gasteiger partial charge >= 0.3 is 0 Å². The van der Waals surface area contributed by atoms with E-state index in [1.54, 1.807) is 35.4 Å². The smallest absolute Gasteiger partial charge is 0.270 e. The van der Waals surface area contributed by atoms with E-state index in [0.29, 0.717) is 16.3 Å². The molecule has 1 N–H and O–H groups in total. The first-order valence-corrected chi connectivity index (χ1v) is 14.2. The molecule has 4 aromatic rings. The Labute approximate surface area is 255 Å². The Bertz CT molecular complexity index is 1920. The van der Waals surface area contributed by atoms with Crippen LogP contribution in [-0.2, 0) is 10.2 Å². The number of Topliss-reactive ketones (excluding diaryl/α,β-unsaturated/α-hetero) is 2. The number of nitrogens with zero attached hydrogens (tertiary/aromatic N) is 2. The van der Waals surface area contributed by atoms with Gasteiger partial charge in [0.2, 0.25) is 5.91 Å². The average molecular weight is 610 g/mol. The van der Waals surface area contributed by atoms with Gasteiger partial charge in [0.05, 0.1) is 21.9 Å². The van der Waals surface area contributed by atoms with Crippen molar-refractivity contribution in [3.63, 3.8) is 0 Å². The number of halogens is 2. The number of fused-ring (bicyclic) bond motifs is 6. The molecule has 4 aromatic carbocycles. The summed E-state index contributed by atoms with van der Waals surface area (Å²) in [6, 6.07) is 22.6. The zero-order valence-electron chi connectivity index (χ0n) is 22.2. The molecule has 0 saturated carbocycles. The Kier molecular flexibility index (Phi) is 6.23. The van der Waals surface area contributed by atoms with Crippen molar-refractivity contribution in [2.45, 2.75) is 17.5 Å². The number of carbonyl (C=O) groups excluding carboxylic acids is 3. The van der Waals surface area contributed by atoms with Crippen LogP contribution in [0.2, 0.25) is 10.0 Å². The molecule has 212 valence electrons. The number of nitro groups is 1. The molecule has 4 atom stereocenters. The summed E-state index contributed by atoms with van der Waals surface area (Å²) in [7, 11) is 0. The molecule has 1 spiro atoms. The fourth-order valence-electron chi connectivity index (χ4n) is 6.97. The van der Waals surface area contributed by atoms with Crippen molar-refractivity contribution in [2.24, 2.45) is 5.92 Å². The Morgan fingerprint density at radius 1 is 0.907 bits per heavy atom. The predicted molar refractivity (Wildman–Crippen MR) is 162 cm³/mol. The Morgan fingerprint density at radius 2 is 1.67 bits per heavy atom. The third kappa shape index (κ3) is 3.87. The first kappa shape index (κ1) is 27.1. The van der Waals surface area contributed by atoms with Crippen LogP contribution in [0.1, 0.15) is 43.4 Å². The molecule has 0 aromatic heterocycles. The number of non-ortho nitro benzene ring substituents is 1. The van der Waals surface area contributed by atoms with E-state index in [4.69, 9.17) is 23.2 Å². The van der Waals surface area contributed by atoms with Gasteiger partial charge in [0.25, 0.3) is 5.69 Å². The third-order valence-electron chi connectivity index (χ3n) is 8.66. The third-order valence-corrected chi connectivity index (χ3v) is 9.21. The summed E-state index contributed by atoms with van der Waals surface area (Å²) in [5, 5.41) is 15.0. The molecule has 10 heteroatoms. The molecule has 43 heavy (non-hydrogen) atoms. The van der Waals surface area contributed by atoms with Crippen LogP contribution in [0.3, 0.4) is 0 Å². The van der Waals surface area contributed by atoms with Crippen molar-refractivity contribution in [3.8, 4) is 0 Å². The lowest BCUT2D eigenvalue weighted by molar-refractivity contribution is -0.384. The van der Waals surface area contributed by atoms with Crippen LogP contribution in [-0.4, -0.2) is 33.3 Å². The fourth-order valence-corrected chi connectivity index (χ4v) is 7.47. The molecule has 0 bridgehead atoms. The number of benzene rings is 4. The lowest BCUT2D eigenvalue weighted by Crippen LogP contribution is -2.49. The van der Waals surface area contributed by atoms with Crippen molar-refractivity contribution in [2.75, 3.05) is 5.32 Å². The van der Waals surface area contributed by atoms with Crippen LogP contribution in [0.15, 0.2) is 97.2 Å². The standard InChI is InChI=1S/C33H21Cl2N3O5/c34-20-12-13-23(25(35)17-20)30(40)27-28(29(39)19-7-5-8-21(16-19)38(42)43)37-15-14-18-6-1-2-9-22(18)31(37)33(27)24-10-3-4-11-26(24)36-32(33)41/h1-17,27-28,31H,(H,36,41)/t27-,28+,31-,33+/m0/s1. The lowest BCUT2D eigenvalue weighted by atomic mass is 9.62. The highest BCUT2D eigenvalue weighted by atomic mass is 35.5. The minimum absolute atomic E-state index is 0.0500. The van der Waals surface area contributed by atoms with E-state index in [2.05, 4.69) is 5.32 Å². The summed E-state index contributed by atoms with van der Waals surface area (Å²) in [5.41, 5.74) is 1.09. The van der Waals surface area contributed by atoms with Crippen molar-refractivity contribution in [1.29, 1.82) is 0 Å². The first-order valence-electron chi connectivity index (χ1n) is 13.5. The van der Waals surface area contributed by atoms with Gasteiger partial charge < -0.3 is 10.2 Å². The van der Waals surface area contributed by atoms with Gasteiger partial charge in [-0.3, -0.25) is 24.5 Å². The minimum atomic E-state index is -1.56. The van der Waals surface area contributed by atoms with Crippen LogP contribution >= 0.6 is 23.2 Å². The number of carbonyl (C=O) groups is 3. The first-order chi connectivity index (χ1) is 20.7. The van der Waals surface area contributed by atoms with E-state index in [1.807, 2.05) is 30.3 Å². The largest absolute Gasteiger partial charge is 0.358 e. The number of nitrogens with one attached hydrogen (secondary N) is 1. The molecule has 1 amide bonds. The monoisotopic (exact) mass is 609 g/mol. The number of para-hydroxylation sites is 1. The molecule has 3 aliphatic heterocycles. The normalized spacial score (nSPS) is 23.0. The van der Waals surface area contributed by atoms with Gasteiger partial charge in [-0.1, -0.05) is 77.8 Å². The highest BCUT2D eigenvalue weighted by Crippen LogP contribution is 2.62. The van der Waals surface area contributed by atoms with Crippen LogP contribution in [0, 0.1) is 16.0 Å². The second-order valence-corrected chi connectivity index (χ2v) is 11.6. The van der Waals surface area contributed by atoms with E-state index in [-0.39, 0.29) is 21.8 Å².